The maximum atomic E-state index is 5.97. The van der Waals surface area contributed by atoms with Crippen molar-refractivity contribution in [3.8, 4) is 11.6 Å². The third kappa shape index (κ3) is 2.48. The van der Waals surface area contributed by atoms with Gasteiger partial charge in [-0.15, -0.1) is 0 Å². The Bertz CT molecular complexity index is 739. The average Bonchev–Trinajstić information content (AvgIpc) is 2.77. The molecule has 5 heteroatoms. The number of ether oxygens (including phenoxy) is 1. The molecule has 0 bridgehead atoms. The Kier molecular flexibility index (Phi) is 3.58. The van der Waals surface area contributed by atoms with Gasteiger partial charge in [0.2, 0.25) is 5.88 Å². The lowest BCUT2D eigenvalue weighted by atomic mass is 10.3. The molecule has 3 rings (SSSR count). The monoisotopic (exact) mass is 287 g/mol. The summed E-state index contributed by atoms with van der Waals surface area (Å²) in [7, 11) is 0. The summed E-state index contributed by atoms with van der Waals surface area (Å²) in [5, 5.41) is 0.631. The highest BCUT2D eigenvalue weighted by Crippen LogP contribution is 2.27. The lowest BCUT2D eigenvalue weighted by molar-refractivity contribution is 0.459. The molecule has 0 aliphatic carbocycles. The van der Waals surface area contributed by atoms with Crippen molar-refractivity contribution in [1.29, 1.82) is 0 Å². The first-order valence-electron chi connectivity index (χ1n) is 6.37. The van der Waals surface area contributed by atoms with E-state index in [1.165, 1.54) is 0 Å². The summed E-state index contributed by atoms with van der Waals surface area (Å²) in [5.74, 6) is 1.24. The van der Waals surface area contributed by atoms with Gasteiger partial charge in [0.1, 0.15) is 11.4 Å². The van der Waals surface area contributed by atoms with E-state index >= 15 is 0 Å². The Morgan fingerprint density at radius 3 is 2.90 bits per heavy atom. The molecule has 20 heavy (non-hydrogen) atoms. The number of aromatic nitrogens is 2. The van der Waals surface area contributed by atoms with Gasteiger partial charge in [-0.3, -0.25) is 0 Å². The molecule has 2 N–H and O–H groups in total. The minimum Gasteiger partial charge on any atom is -0.437 e. The van der Waals surface area contributed by atoms with Crippen LogP contribution in [0.25, 0.3) is 5.65 Å². The Balaban J connectivity index is 2.04. The van der Waals surface area contributed by atoms with Gasteiger partial charge in [0.25, 0.3) is 0 Å². The first kappa shape index (κ1) is 13.0. The largest absolute Gasteiger partial charge is 0.437 e. The molecule has 102 valence electrons. The predicted octanol–water partition coefficient (Wildman–Crippen LogP) is 3.28. The number of nitrogens with zero attached hydrogens (tertiary/aromatic N) is 2. The van der Waals surface area contributed by atoms with Gasteiger partial charge < -0.3 is 14.9 Å². The Morgan fingerprint density at radius 1 is 1.20 bits per heavy atom. The molecule has 0 amide bonds. The maximum Gasteiger partial charge on any atom is 0.241 e. The van der Waals surface area contributed by atoms with Crippen molar-refractivity contribution in [2.45, 2.75) is 6.42 Å². The number of nitrogens with two attached hydrogens (primary N) is 1. The van der Waals surface area contributed by atoms with Gasteiger partial charge >= 0.3 is 0 Å². The van der Waals surface area contributed by atoms with Gasteiger partial charge in [0, 0.05) is 17.6 Å². The van der Waals surface area contributed by atoms with Crippen LogP contribution in [0.15, 0.2) is 48.7 Å². The van der Waals surface area contributed by atoms with Gasteiger partial charge in [-0.2, -0.15) is 4.98 Å². The third-order valence-corrected chi connectivity index (χ3v) is 3.22. The zero-order chi connectivity index (χ0) is 13.9. The van der Waals surface area contributed by atoms with Crippen LogP contribution >= 0.6 is 11.6 Å². The predicted molar refractivity (Wildman–Crippen MR) is 79.5 cm³/mol. The highest BCUT2D eigenvalue weighted by Gasteiger charge is 2.13. The molecule has 1 aromatic carbocycles. The van der Waals surface area contributed by atoms with Gasteiger partial charge in [0.15, 0.2) is 0 Å². The van der Waals surface area contributed by atoms with Crippen LogP contribution in [-0.4, -0.2) is 15.9 Å². The van der Waals surface area contributed by atoms with Crippen LogP contribution in [0, 0.1) is 0 Å². The molecule has 0 saturated carbocycles. The van der Waals surface area contributed by atoms with E-state index in [9.17, 15) is 0 Å². The van der Waals surface area contributed by atoms with Crippen molar-refractivity contribution in [1.82, 2.24) is 9.38 Å². The fraction of sp³-hybridized carbons (Fsp3) is 0.133. The minimum atomic E-state index is 0.536. The minimum absolute atomic E-state index is 0.536. The van der Waals surface area contributed by atoms with E-state index in [1.807, 2.05) is 40.9 Å². The first-order chi connectivity index (χ1) is 9.78. The molecule has 3 aromatic rings. The number of fused-ring (bicyclic) bond motifs is 1. The third-order valence-electron chi connectivity index (χ3n) is 2.98. The first-order valence-corrected chi connectivity index (χ1v) is 6.75. The molecule has 0 aliphatic rings. The molecular formula is C15H14ClN3O. The van der Waals surface area contributed by atoms with Crippen molar-refractivity contribution >= 4 is 17.2 Å². The van der Waals surface area contributed by atoms with E-state index < -0.39 is 0 Å². The van der Waals surface area contributed by atoms with Crippen LogP contribution in [0.5, 0.6) is 11.6 Å². The van der Waals surface area contributed by atoms with Crippen molar-refractivity contribution in [2.24, 2.45) is 5.73 Å². The lowest BCUT2D eigenvalue weighted by Crippen LogP contribution is -2.06. The van der Waals surface area contributed by atoms with Crippen LogP contribution in [0.2, 0.25) is 5.02 Å². The maximum absolute atomic E-state index is 5.97. The Morgan fingerprint density at radius 2 is 2.10 bits per heavy atom. The SMILES string of the molecule is NCCc1c(Oc2cccc(Cl)c2)nc2ccccn12. The second-order valence-electron chi connectivity index (χ2n) is 4.39. The molecule has 4 nitrogen and oxygen atoms in total. The molecule has 0 spiro atoms. The zero-order valence-electron chi connectivity index (χ0n) is 10.8. The summed E-state index contributed by atoms with van der Waals surface area (Å²) in [6.07, 6.45) is 2.65. The summed E-state index contributed by atoms with van der Waals surface area (Å²) in [6, 6.07) is 13.1. The number of pyridine rings is 1. The second-order valence-corrected chi connectivity index (χ2v) is 4.83. The number of rotatable bonds is 4. The van der Waals surface area contributed by atoms with Crippen LogP contribution in [0.1, 0.15) is 5.69 Å². The summed E-state index contributed by atoms with van der Waals surface area (Å²) in [6.45, 7) is 0.536. The van der Waals surface area contributed by atoms with Crippen LogP contribution in [-0.2, 0) is 6.42 Å². The summed E-state index contributed by atoms with van der Waals surface area (Å²) in [5.41, 5.74) is 7.48. The van der Waals surface area contributed by atoms with Gasteiger partial charge in [0.05, 0.1) is 5.69 Å². The van der Waals surface area contributed by atoms with Gasteiger partial charge in [-0.25, -0.2) is 0 Å². The summed E-state index contributed by atoms with van der Waals surface area (Å²) in [4.78, 5) is 4.50. The Hall–Kier alpha value is -2.04. The van der Waals surface area contributed by atoms with Crippen molar-refractivity contribution in [2.75, 3.05) is 6.54 Å². The fourth-order valence-electron chi connectivity index (χ4n) is 2.11. The average molecular weight is 288 g/mol. The molecular weight excluding hydrogens is 274 g/mol. The van der Waals surface area contributed by atoms with Crippen LogP contribution in [0.3, 0.4) is 0 Å². The molecule has 0 fully saturated rings. The van der Waals surface area contributed by atoms with Crippen molar-refractivity contribution in [3.05, 3.63) is 59.4 Å². The van der Waals surface area contributed by atoms with Crippen molar-refractivity contribution in [3.63, 3.8) is 0 Å². The highest BCUT2D eigenvalue weighted by atomic mass is 35.5. The molecule has 0 unspecified atom stereocenters. The number of hydrogen-bond donors (Lipinski definition) is 1. The van der Waals surface area contributed by atoms with E-state index in [4.69, 9.17) is 22.1 Å². The molecule has 0 aliphatic heterocycles. The Labute approximate surface area is 121 Å². The quantitative estimate of drug-likeness (QED) is 0.801. The standard InChI is InChI=1S/C15H14ClN3O/c16-11-4-3-5-12(10-11)20-15-13(7-8-17)19-9-2-1-6-14(19)18-15/h1-6,9-10H,7-8,17H2. The number of hydrogen-bond acceptors (Lipinski definition) is 3. The molecule has 0 atom stereocenters. The molecule has 2 heterocycles. The van der Waals surface area contributed by atoms with E-state index in [1.54, 1.807) is 12.1 Å². The summed E-state index contributed by atoms with van der Waals surface area (Å²) < 4.78 is 7.85. The number of benzene rings is 1. The number of halogens is 1. The number of imidazole rings is 1. The molecule has 2 aromatic heterocycles. The molecule has 0 saturated heterocycles. The van der Waals surface area contributed by atoms with E-state index in [0.29, 0.717) is 29.6 Å². The topological polar surface area (TPSA) is 52.5 Å². The zero-order valence-corrected chi connectivity index (χ0v) is 11.5. The van der Waals surface area contributed by atoms with E-state index in [-0.39, 0.29) is 0 Å². The van der Waals surface area contributed by atoms with Crippen molar-refractivity contribution < 1.29 is 4.74 Å². The van der Waals surface area contributed by atoms with Crippen LogP contribution in [0.4, 0.5) is 0 Å². The molecule has 0 radical (unpaired) electrons. The second kappa shape index (κ2) is 5.53. The van der Waals surface area contributed by atoms with Gasteiger partial charge in [-0.1, -0.05) is 23.7 Å². The highest BCUT2D eigenvalue weighted by molar-refractivity contribution is 6.30. The van der Waals surface area contributed by atoms with E-state index in [0.717, 1.165) is 11.3 Å². The smallest absolute Gasteiger partial charge is 0.241 e. The lowest BCUT2D eigenvalue weighted by Gasteiger charge is -2.06. The van der Waals surface area contributed by atoms with E-state index in [2.05, 4.69) is 4.98 Å². The fourth-order valence-corrected chi connectivity index (χ4v) is 2.29. The summed E-state index contributed by atoms with van der Waals surface area (Å²) >= 11 is 5.97. The normalized spacial score (nSPS) is 10.9. The van der Waals surface area contributed by atoms with Gasteiger partial charge in [-0.05, 0) is 36.9 Å². The van der Waals surface area contributed by atoms with Crippen LogP contribution < -0.4 is 10.5 Å².